The number of aromatic nitrogens is 3. The molecule has 0 aliphatic carbocycles. The van der Waals surface area contributed by atoms with Crippen molar-refractivity contribution in [2.75, 3.05) is 17.7 Å². The second-order valence-electron chi connectivity index (χ2n) is 5.66. The fraction of sp³-hybridized carbons (Fsp3) is 0.438. The molecule has 0 radical (unpaired) electrons. The molecule has 2 heterocycles. The van der Waals surface area contributed by atoms with Crippen molar-refractivity contribution in [1.82, 2.24) is 15.2 Å². The summed E-state index contributed by atoms with van der Waals surface area (Å²) in [7, 11) is 0. The van der Waals surface area contributed by atoms with E-state index in [0.29, 0.717) is 5.16 Å². The van der Waals surface area contributed by atoms with E-state index >= 15 is 0 Å². The van der Waals surface area contributed by atoms with Crippen molar-refractivity contribution in [1.29, 1.82) is 0 Å². The minimum absolute atomic E-state index is 0.0147. The lowest BCUT2D eigenvalue weighted by Crippen LogP contribution is -2.15. The number of aryl methyl sites for hydroxylation is 2. The molecule has 2 aromatic rings. The molecule has 6 nitrogen and oxygen atoms in total. The number of hydrogen-bond acceptors (Lipinski definition) is 5. The number of thioether (sulfide) groups is 1. The van der Waals surface area contributed by atoms with Crippen molar-refractivity contribution in [2.45, 2.75) is 37.9 Å². The Kier molecular flexibility index (Phi) is 4.97. The molecule has 1 atom stereocenters. The number of hydrogen-bond donors (Lipinski definition) is 2. The summed E-state index contributed by atoms with van der Waals surface area (Å²) in [6.45, 7) is 4.79. The molecular formula is C16H20N4O2S. The molecule has 1 aromatic carbocycles. The maximum absolute atomic E-state index is 12.1. The monoisotopic (exact) mass is 332 g/mol. The summed E-state index contributed by atoms with van der Waals surface area (Å²) in [6, 6.07) is 5.96. The van der Waals surface area contributed by atoms with Crippen LogP contribution in [0.15, 0.2) is 23.4 Å². The van der Waals surface area contributed by atoms with Crippen LogP contribution in [-0.2, 0) is 9.53 Å². The lowest BCUT2D eigenvalue weighted by molar-refractivity contribution is -0.113. The maximum Gasteiger partial charge on any atom is 0.234 e. The van der Waals surface area contributed by atoms with Gasteiger partial charge in [-0.1, -0.05) is 29.5 Å². The van der Waals surface area contributed by atoms with Gasteiger partial charge in [0.05, 0.1) is 5.75 Å². The Bertz CT molecular complexity index is 695. The Balaban J connectivity index is 1.52. The van der Waals surface area contributed by atoms with Crippen LogP contribution in [-0.4, -0.2) is 33.4 Å². The number of ether oxygens (including phenoxy) is 1. The molecular weight excluding hydrogens is 312 g/mol. The topological polar surface area (TPSA) is 79.9 Å². The molecule has 1 unspecified atom stereocenters. The fourth-order valence-electron chi connectivity index (χ4n) is 2.53. The lowest BCUT2D eigenvalue weighted by atomic mass is 10.1. The third kappa shape index (κ3) is 4.11. The van der Waals surface area contributed by atoms with E-state index < -0.39 is 0 Å². The summed E-state index contributed by atoms with van der Waals surface area (Å²) in [4.78, 5) is 16.5. The SMILES string of the molecule is Cc1ccc(NC(=O)CSc2n[nH]c(C3CCCO3)n2)c(C)c1. The summed E-state index contributed by atoms with van der Waals surface area (Å²) in [5.74, 6) is 0.959. The van der Waals surface area contributed by atoms with E-state index in [2.05, 4.69) is 20.5 Å². The number of nitrogens with zero attached hydrogens (tertiary/aromatic N) is 2. The van der Waals surface area contributed by atoms with Gasteiger partial charge < -0.3 is 10.1 Å². The zero-order chi connectivity index (χ0) is 16.2. The van der Waals surface area contributed by atoms with E-state index in [1.807, 2.05) is 32.0 Å². The highest BCUT2D eigenvalue weighted by molar-refractivity contribution is 7.99. The first-order chi connectivity index (χ1) is 11.1. The van der Waals surface area contributed by atoms with Crippen LogP contribution in [0.4, 0.5) is 5.69 Å². The van der Waals surface area contributed by atoms with E-state index in [0.717, 1.165) is 36.5 Å². The highest BCUT2D eigenvalue weighted by atomic mass is 32.2. The Hall–Kier alpha value is -1.86. The number of carbonyl (C=O) groups is 1. The molecule has 1 fully saturated rings. The summed E-state index contributed by atoms with van der Waals surface area (Å²) < 4.78 is 5.56. The molecule has 7 heteroatoms. The zero-order valence-corrected chi connectivity index (χ0v) is 14.1. The normalized spacial score (nSPS) is 17.4. The molecule has 1 saturated heterocycles. The largest absolute Gasteiger partial charge is 0.370 e. The highest BCUT2D eigenvalue weighted by Gasteiger charge is 2.21. The fourth-order valence-corrected chi connectivity index (χ4v) is 3.14. The minimum Gasteiger partial charge on any atom is -0.370 e. The average molecular weight is 332 g/mol. The van der Waals surface area contributed by atoms with Crippen molar-refractivity contribution < 1.29 is 9.53 Å². The predicted molar refractivity (Wildman–Crippen MR) is 89.6 cm³/mol. The number of amides is 1. The molecule has 1 aliphatic heterocycles. The van der Waals surface area contributed by atoms with E-state index in [-0.39, 0.29) is 17.8 Å². The first-order valence-electron chi connectivity index (χ1n) is 7.65. The number of rotatable bonds is 5. The van der Waals surface area contributed by atoms with Crippen molar-refractivity contribution in [3.8, 4) is 0 Å². The van der Waals surface area contributed by atoms with Crippen LogP contribution < -0.4 is 5.32 Å². The molecule has 0 bridgehead atoms. The van der Waals surface area contributed by atoms with Gasteiger partial charge in [-0.05, 0) is 38.3 Å². The van der Waals surface area contributed by atoms with Crippen molar-refractivity contribution >= 4 is 23.4 Å². The molecule has 2 N–H and O–H groups in total. The first kappa shape index (κ1) is 16.0. The summed E-state index contributed by atoms with van der Waals surface area (Å²) in [5, 5.41) is 10.5. The van der Waals surface area contributed by atoms with E-state index in [1.165, 1.54) is 17.3 Å². The van der Waals surface area contributed by atoms with Gasteiger partial charge in [-0.3, -0.25) is 9.89 Å². The number of carbonyl (C=O) groups excluding carboxylic acids is 1. The summed E-state index contributed by atoms with van der Waals surface area (Å²) in [5.41, 5.74) is 3.08. The van der Waals surface area contributed by atoms with Crippen LogP contribution in [0.25, 0.3) is 0 Å². The smallest absolute Gasteiger partial charge is 0.234 e. The van der Waals surface area contributed by atoms with Gasteiger partial charge >= 0.3 is 0 Å². The Morgan fingerprint density at radius 2 is 2.35 bits per heavy atom. The van der Waals surface area contributed by atoms with Gasteiger partial charge in [0.1, 0.15) is 6.10 Å². The van der Waals surface area contributed by atoms with Crippen LogP contribution in [0.3, 0.4) is 0 Å². The molecule has 1 amide bonds. The Morgan fingerprint density at radius 3 is 3.09 bits per heavy atom. The number of aromatic amines is 1. The third-order valence-corrected chi connectivity index (χ3v) is 4.55. The van der Waals surface area contributed by atoms with Crippen LogP contribution in [0, 0.1) is 13.8 Å². The molecule has 0 saturated carbocycles. The van der Waals surface area contributed by atoms with Gasteiger partial charge in [-0.2, -0.15) is 0 Å². The zero-order valence-electron chi connectivity index (χ0n) is 13.3. The van der Waals surface area contributed by atoms with Gasteiger partial charge in [0.25, 0.3) is 0 Å². The van der Waals surface area contributed by atoms with Gasteiger partial charge in [-0.15, -0.1) is 5.10 Å². The number of H-pyrrole nitrogens is 1. The summed E-state index contributed by atoms with van der Waals surface area (Å²) in [6.07, 6.45) is 2.03. The Morgan fingerprint density at radius 1 is 1.48 bits per heavy atom. The Labute approximate surface area is 139 Å². The minimum atomic E-state index is -0.0644. The van der Waals surface area contributed by atoms with Crippen LogP contribution >= 0.6 is 11.8 Å². The first-order valence-corrected chi connectivity index (χ1v) is 8.64. The second kappa shape index (κ2) is 7.14. The van der Waals surface area contributed by atoms with Crippen molar-refractivity contribution in [2.24, 2.45) is 0 Å². The number of benzene rings is 1. The van der Waals surface area contributed by atoms with E-state index in [1.54, 1.807) is 0 Å². The van der Waals surface area contributed by atoms with Crippen LogP contribution in [0.5, 0.6) is 0 Å². The highest BCUT2D eigenvalue weighted by Crippen LogP contribution is 2.27. The molecule has 122 valence electrons. The quantitative estimate of drug-likeness (QED) is 0.823. The van der Waals surface area contributed by atoms with E-state index in [9.17, 15) is 4.79 Å². The summed E-state index contributed by atoms with van der Waals surface area (Å²) >= 11 is 1.32. The van der Waals surface area contributed by atoms with Crippen LogP contribution in [0.2, 0.25) is 0 Å². The molecule has 0 spiro atoms. The molecule has 1 aliphatic rings. The lowest BCUT2D eigenvalue weighted by Gasteiger charge is -2.08. The van der Waals surface area contributed by atoms with Crippen molar-refractivity contribution in [3.63, 3.8) is 0 Å². The molecule has 1 aromatic heterocycles. The molecule has 23 heavy (non-hydrogen) atoms. The van der Waals surface area contributed by atoms with Gasteiger partial charge in [0.2, 0.25) is 11.1 Å². The van der Waals surface area contributed by atoms with Crippen molar-refractivity contribution in [3.05, 3.63) is 35.2 Å². The van der Waals surface area contributed by atoms with E-state index in [4.69, 9.17) is 4.74 Å². The average Bonchev–Trinajstić information content (AvgIpc) is 3.18. The maximum atomic E-state index is 12.1. The second-order valence-corrected chi connectivity index (χ2v) is 6.60. The predicted octanol–water partition coefficient (Wildman–Crippen LogP) is 3.00. The number of nitrogens with one attached hydrogen (secondary N) is 2. The third-order valence-electron chi connectivity index (χ3n) is 3.71. The standard InChI is InChI=1S/C16H20N4O2S/c1-10-5-6-12(11(2)8-10)17-14(21)9-23-16-18-15(19-20-16)13-4-3-7-22-13/h5-6,8,13H,3-4,7,9H2,1-2H3,(H,17,21)(H,18,19,20). The van der Waals surface area contributed by atoms with Gasteiger partial charge in [0, 0.05) is 12.3 Å². The number of anilines is 1. The molecule has 3 rings (SSSR count). The van der Waals surface area contributed by atoms with Gasteiger partial charge in [-0.25, -0.2) is 4.98 Å². The van der Waals surface area contributed by atoms with Gasteiger partial charge in [0.15, 0.2) is 5.82 Å². The van der Waals surface area contributed by atoms with Crippen LogP contribution in [0.1, 0.15) is 35.9 Å².